The molecule has 2 aromatic rings. The Kier molecular flexibility index (Phi) is 6.10. The SMILES string of the molecule is COc1cc(/C=N\NC(=O)[C@@H](C)Oc2ccc([N+](=O)[O-])cc2)ccc1O. The molecule has 0 aliphatic carbocycles. The van der Waals surface area contributed by atoms with Crippen LogP contribution in [0.1, 0.15) is 12.5 Å². The summed E-state index contributed by atoms with van der Waals surface area (Å²) in [7, 11) is 1.43. The van der Waals surface area contributed by atoms with E-state index in [1.165, 1.54) is 50.6 Å². The molecule has 9 nitrogen and oxygen atoms in total. The van der Waals surface area contributed by atoms with Gasteiger partial charge in [0.15, 0.2) is 17.6 Å². The normalized spacial score (nSPS) is 11.8. The zero-order valence-electron chi connectivity index (χ0n) is 14.1. The van der Waals surface area contributed by atoms with Crippen LogP contribution in [-0.4, -0.2) is 35.4 Å². The molecule has 0 aliphatic rings. The van der Waals surface area contributed by atoms with E-state index in [0.717, 1.165) is 0 Å². The second-order valence-electron chi connectivity index (χ2n) is 5.18. The van der Waals surface area contributed by atoms with E-state index in [-0.39, 0.29) is 17.2 Å². The molecule has 0 radical (unpaired) electrons. The standard InChI is InChI=1S/C17H17N3O6/c1-11(26-14-6-4-13(5-7-14)20(23)24)17(22)19-18-10-12-3-8-15(21)16(9-12)25-2/h3-11,21H,1-2H3,(H,19,22)/b18-10-/t11-/m1/s1. The molecule has 0 fully saturated rings. The van der Waals surface area contributed by atoms with Gasteiger partial charge in [-0.1, -0.05) is 0 Å². The lowest BCUT2D eigenvalue weighted by Gasteiger charge is -2.12. The Bertz CT molecular complexity index is 820. The van der Waals surface area contributed by atoms with Crippen LogP contribution in [0.4, 0.5) is 5.69 Å². The second-order valence-corrected chi connectivity index (χ2v) is 5.18. The van der Waals surface area contributed by atoms with E-state index in [0.29, 0.717) is 11.3 Å². The van der Waals surface area contributed by atoms with Gasteiger partial charge in [0, 0.05) is 12.1 Å². The van der Waals surface area contributed by atoms with Crippen LogP contribution in [0.3, 0.4) is 0 Å². The number of rotatable bonds is 7. The number of nitro groups is 1. The number of nitrogens with one attached hydrogen (secondary N) is 1. The zero-order chi connectivity index (χ0) is 19.1. The molecule has 2 rings (SSSR count). The van der Waals surface area contributed by atoms with Crippen LogP contribution in [0.5, 0.6) is 17.2 Å². The largest absolute Gasteiger partial charge is 0.504 e. The minimum atomic E-state index is -0.858. The Hall–Kier alpha value is -3.62. The fourth-order valence-corrected chi connectivity index (χ4v) is 1.94. The molecular weight excluding hydrogens is 342 g/mol. The third kappa shape index (κ3) is 4.94. The van der Waals surface area contributed by atoms with Crippen LogP contribution in [0.25, 0.3) is 0 Å². The molecule has 0 saturated carbocycles. The van der Waals surface area contributed by atoms with Crippen molar-refractivity contribution < 1.29 is 24.3 Å². The monoisotopic (exact) mass is 359 g/mol. The van der Waals surface area contributed by atoms with E-state index in [1.807, 2.05) is 0 Å². The summed E-state index contributed by atoms with van der Waals surface area (Å²) in [6, 6.07) is 10.0. The summed E-state index contributed by atoms with van der Waals surface area (Å²) in [5.74, 6) is 0.116. The van der Waals surface area contributed by atoms with E-state index >= 15 is 0 Å². The molecule has 0 aliphatic heterocycles. The van der Waals surface area contributed by atoms with Gasteiger partial charge < -0.3 is 14.6 Å². The number of nitrogens with zero attached hydrogens (tertiary/aromatic N) is 2. The minimum Gasteiger partial charge on any atom is -0.504 e. The number of benzene rings is 2. The maximum atomic E-state index is 12.0. The van der Waals surface area contributed by atoms with Gasteiger partial charge in [-0.25, -0.2) is 5.43 Å². The lowest BCUT2D eigenvalue weighted by molar-refractivity contribution is -0.384. The second kappa shape index (κ2) is 8.47. The molecule has 2 aromatic carbocycles. The lowest BCUT2D eigenvalue weighted by Crippen LogP contribution is -2.33. The maximum absolute atomic E-state index is 12.0. The van der Waals surface area contributed by atoms with Crippen molar-refractivity contribution in [3.8, 4) is 17.2 Å². The number of non-ortho nitro benzene ring substituents is 1. The number of nitro benzene ring substituents is 1. The number of carbonyl (C=O) groups is 1. The number of ether oxygens (including phenoxy) is 2. The van der Waals surface area contributed by atoms with Crippen molar-refractivity contribution in [2.75, 3.05) is 7.11 Å². The Balaban J connectivity index is 1.91. The van der Waals surface area contributed by atoms with Crippen LogP contribution in [0.15, 0.2) is 47.6 Å². The van der Waals surface area contributed by atoms with Crippen LogP contribution < -0.4 is 14.9 Å². The van der Waals surface area contributed by atoms with E-state index in [2.05, 4.69) is 10.5 Å². The molecule has 0 saturated heterocycles. The fraction of sp³-hybridized carbons (Fsp3) is 0.176. The molecule has 1 amide bonds. The summed E-state index contributed by atoms with van der Waals surface area (Å²) in [6.45, 7) is 1.52. The summed E-state index contributed by atoms with van der Waals surface area (Å²) >= 11 is 0. The van der Waals surface area contributed by atoms with Crippen molar-refractivity contribution in [1.82, 2.24) is 5.43 Å². The predicted molar refractivity (Wildman–Crippen MR) is 93.6 cm³/mol. The predicted octanol–water partition coefficient (Wildman–Crippen LogP) is 2.23. The number of aromatic hydroxyl groups is 1. The molecule has 0 unspecified atom stereocenters. The third-order valence-corrected chi connectivity index (χ3v) is 3.32. The van der Waals surface area contributed by atoms with Gasteiger partial charge in [-0.15, -0.1) is 0 Å². The number of phenolic OH excluding ortho intramolecular Hbond substituents is 1. The van der Waals surface area contributed by atoms with Gasteiger partial charge in [-0.2, -0.15) is 5.10 Å². The molecule has 9 heteroatoms. The van der Waals surface area contributed by atoms with Gasteiger partial charge in [0.2, 0.25) is 0 Å². The molecule has 0 bridgehead atoms. The Morgan fingerprint density at radius 2 is 2.00 bits per heavy atom. The van der Waals surface area contributed by atoms with E-state index < -0.39 is 16.9 Å². The van der Waals surface area contributed by atoms with Gasteiger partial charge in [-0.05, 0) is 42.8 Å². The quantitative estimate of drug-likeness (QED) is 0.444. The Morgan fingerprint density at radius 3 is 2.62 bits per heavy atom. The molecule has 26 heavy (non-hydrogen) atoms. The van der Waals surface area contributed by atoms with Crippen molar-refractivity contribution in [3.63, 3.8) is 0 Å². The van der Waals surface area contributed by atoms with Gasteiger partial charge in [0.25, 0.3) is 11.6 Å². The van der Waals surface area contributed by atoms with Crippen molar-refractivity contribution in [2.24, 2.45) is 5.10 Å². The average Bonchev–Trinajstić information content (AvgIpc) is 2.63. The zero-order valence-corrected chi connectivity index (χ0v) is 14.1. The molecule has 0 aromatic heterocycles. The number of hydrogen-bond acceptors (Lipinski definition) is 7. The number of hydrazone groups is 1. The first-order valence-corrected chi connectivity index (χ1v) is 7.51. The van der Waals surface area contributed by atoms with Crippen LogP contribution >= 0.6 is 0 Å². The first-order valence-electron chi connectivity index (χ1n) is 7.51. The third-order valence-electron chi connectivity index (χ3n) is 3.32. The van der Waals surface area contributed by atoms with Gasteiger partial charge >= 0.3 is 0 Å². The van der Waals surface area contributed by atoms with Gasteiger partial charge in [0.05, 0.1) is 18.2 Å². The summed E-state index contributed by atoms with van der Waals surface area (Å²) < 4.78 is 10.4. The van der Waals surface area contributed by atoms with Crippen molar-refractivity contribution >= 4 is 17.8 Å². The maximum Gasteiger partial charge on any atom is 0.280 e. The van der Waals surface area contributed by atoms with E-state index in [1.54, 1.807) is 12.1 Å². The van der Waals surface area contributed by atoms with Crippen LogP contribution in [0.2, 0.25) is 0 Å². The number of carbonyl (C=O) groups excluding carboxylic acids is 1. The van der Waals surface area contributed by atoms with Crippen LogP contribution in [0, 0.1) is 10.1 Å². The number of amides is 1. The highest BCUT2D eigenvalue weighted by Gasteiger charge is 2.14. The Labute approximate surface area is 149 Å². The average molecular weight is 359 g/mol. The molecule has 1 atom stereocenters. The molecule has 0 spiro atoms. The number of phenols is 1. The van der Waals surface area contributed by atoms with Gasteiger partial charge in [-0.3, -0.25) is 14.9 Å². The van der Waals surface area contributed by atoms with Crippen molar-refractivity contribution in [1.29, 1.82) is 0 Å². The topological polar surface area (TPSA) is 123 Å². The number of hydrogen-bond donors (Lipinski definition) is 2. The van der Waals surface area contributed by atoms with Crippen molar-refractivity contribution in [3.05, 3.63) is 58.1 Å². The minimum absolute atomic E-state index is 0.00111. The summed E-state index contributed by atoms with van der Waals surface area (Å²) in [5.41, 5.74) is 2.88. The van der Waals surface area contributed by atoms with Crippen molar-refractivity contribution in [2.45, 2.75) is 13.0 Å². The van der Waals surface area contributed by atoms with E-state index in [9.17, 15) is 20.0 Å². The smallest absolute Gasteiger partial charge is 0.280 e. The fourth-order valence-electron chi connectivity index (χ4n) is 1.94. The summed E-state index contributed by atoms with van der Waals surface area (Å²) in [5, 5.41) is 23.9. The Morgan fingerprint density at radius 1 is 1.31 bits per heavy atom. The van der Waals surface area contributed by atoms with Crippen LogP contribution in [-0.2, 0) is 4.79 Å². The first kappa shape index (κ1) is 18.7. The summed E-state index contributed by atoms with van der Waals surface area (Å²) in [6.07, 6.45) is 0.529. The highest BCUT2D eigenvalue weighted by molar-refractivity contribution is 5.84. The number of methoxy groups -OCH3 is 1. The molecule has 136 valence electrons. The molecular formula is C17H17N3O6. The molecule has 2 N–H and O–H groups in total. The van der Waals surface area contributed by atoms with Gasteiger partial charge in [0.1, 0.15) is 5.75 Å². The lowest BCUT2D eigenvalue weighted by atomic mass is 10.2. The molecule has 0 heterocycles. The van der Waals surface area contributed by atoms with E-state index in [4.69, 9.17) is 9.47 Å². The summed E-state index contributed by atoms with van der Waals surface area (Å²) in [4.78, 5) is 22.0. The first-order chi connectivity index (χ1) is 12.4. The highest BCUT2D eigenvalue weighted by Crippen LogP contribution is 2.25. The highest BCUT2D eigenvalue weighted by atomic mass is 16.6.